The summed E-state index contributed by atoms with van der Waals surface area (Å²) in [7, 11) is 0. The van der Waals surface area contributed by atoms with Gasteiger partial charge in [-0.2, -0.15) is 0 Å². The number of benzene rings is 2. The highest BCUT2D eigenvalue weighted by Gasteiger charge is 2.42. The van der Waals surface area contributed by atoms with Gasteiger partial charge >= 0.3 is 0 Å². The first-order valence-electron chi connectivity index (χ1n) is 9.15. The molecule has 132 valence electrons. The van der Waals surface area contributed by atoms with Crippen molar-refractivity contribution in [2.24, 2.45) is 0 Å². The molecule has 1 aliphatic carbocycles. The van der Waals surface area contributed by atoms with Gasteiger partial charge in [0.15, 0.2) is 0 Å². The molecular weight excluding hydrogens is 310 g/mol. The van der Waals surface area contributed by atoms with E-state index in [1.54, 1.807) is 0 Å². The number of ether oxygens (including phenoxy) is 1. The number of carbonyl (C=O) groups is 1. The normalized spacial score (nSPS) is 16.0. The predicted octanol–water partition coefficient (Wildman–Crippen LogP) is 5.23. The van der Waals surface area contributed by atoms with Crippen molar-refractivity contribution in [1.82, 2.24) is 0 Å². The van der Waals surface area contributed by atoms with Crippen LogP contribution in [0, 0.1) is 6.92 Å². The van der Waals surface area contributed by atoms with Crippen LogP contribution in [0.2, 0.25) is 0 Å². The number of anilines is 1. The topological polar surface area (TPSA) is 38.3 Å². The summed E-state index contributed by atoms with van der Waals surface area (Å²) in [5, 5.41) is 3.13. The minimum atomic E-state index is -0.404. The molecule has 1 saturated carbocycles. The second-order valence-corrected chi connectivity index (χ2v) is 7.30. The Morgan fingerprint density at radius 1 is 1.08 bits per heavy atom. The van der Waals surface area contributed by atoms with Crippen molar-refractivity contribution >= 4 is 11.6 Å². The summed E-state index contributed by atoms with van der Waals surface area (Å²) in [6.07, 6.45) is 4.17. The van der Waals surface area contributed by atoms with Crippen LogP contribution in [0.4, 0.5) is 5.69 Å². The molecule has 1 N–H and O–H groups in total. The monoisotopic (exact) mass is 337 g/mol. The molecule has 0 heterocycles. The van der Waals surface area contributed by atoms with Crippen LogP contribution in [-0.4, -0.2) is 12.0 Å². The van der Waals surface area contributed by atoms with Crippen molar-refractivity contribution in [3.05, 3.63) is 59.7 Å². The average Bonchev–Trinajstić information content (AvgIpc) is 3.07. The lowest BCUT2D eigenvalue weighted by atomic mass is 9.77. The van der Waals surface area contributed by atoms with Gasteiger partial charge in [-0.25, -0.2) is 0 Å². The molecule has 0 unspecified atom stereocenters. The highest BCUT2D eigenvalue weighted by molar-refractivity contribution is 5.99. The van der Waals surface area contributed by atoms with Gasteiger partial charge in [0.05, 0.1) is 11.5 Å². The number of carbonyl (C=O) groups excluding carboxylic acids is 1. The molecule has 2 aromatic rings. The number of aryl methyl sites for hydroxylation is 1. The van der Waals surface area contributed by atoms with Crippen molar-refractivity contribution in [3.8, 4) is 5.75 Å². The molecule has 0 aromatic heterocycles. The third-order valence-corrected chi connectivity index (χ3v) is 4.95. The van der Waals surface area contributed by atoms with E-state index in [4.69, 9.17) is 4.74 Å². The SMILES string of the molecule is Cc1cccc(C2(C(=O)Nc3ccc(OC(C)C)cc3)CCCC2)c1. The van der Waals surface area contributed by atoms with Crippen LogP contribution in [0.25, 0.3) is 0 Å². The summed E-state index contributed by atoms with van der Waals surface area (Å²) in [4.78, 5) is 13.2. The summed E-state index contributed by atoms with van der Waals surface area (Å²) in [6.45, 7) is 6.08. The third kappa shape index (κ3) is 3.87. The van der Waals surface area contributed by atoms with Gasteiger partial charge in [0.25, 0.3) is 0 Å². The van der Waals surface area contributed by atoms with Crippen molar-refractivity contribution in [3.63, 3.8) is 0 Å². The summed E-state index contributed by atoms with van der Waals surface area (Å²) >= 11 is 0. The third-order valence-electron chi connectivity index (χ3n) is 4.95. The Bertz CT molecular complexity index is 728. The predicted molar refractivity (Wildman–Crippen MR) is 102 cm³/mol. The Morgan fingerprint density at radius 2 is 1.76 bits per heavy atom. The fourth-order valence-electron chi connectivity index (χ4n) is 3.71. The molecule has 3 nitrogen and oxygen atoms in total. The molecule has 3 rings (SSSR count). The molecule has 25 heavy (non-hydrogen) atoms. The van der Waals surface area contributed by atoms with E-state index in [2.05, 4.69) is 36.5 Å². The zero-order valence-electron chi connectivity index (χ0n) is 15.3. The molecule has 3 heteroatoms. The van der Waals surface area contributed by atoms with Crippen molar-refractivity contribution in [2.75, 3.05) is 5.32 Å². The van der Waals surface area contributed by atoms with Gasteiger partial charge in [-0.3, -0.25) is 4.79 Å². The van der Waals surface area contributed by atoms with Gasteiger partial charge in [-0.1, -0.05) is 42.7 Å². The number of hydrogen-bond donors (Lipinski definition) is 1. The molecule has 0 spiro atoms. The molecule has 0 aliphatic heterocycles. The van der Waals surface area contributed by atoms with E-state index < -0.39 is 5.41 Å². The second-order valence-electron chi connectivity index (χ2n) is 7.30. The van der Waals surface area contributed by atoms with E-state index in [9.17, 15) is 4.79 Å². The lowest BCUT2D eigenvalue weighted by Gasteiger charge is -2.28. The lowest BCUT2D eigenvalue weighted by Crippen LogP contribution is -2.38. The zero-order chi connectivity index (χ0) is 17.9. The molecular formula is C22H27NO2. The molecule has 0 bridgehead atoms. The fraction of sp³-hybridized carbons (Fsp3) is 0.409. The molecule has 1 fully saturated rings. The molecule has 0 saturated heterocycles. The largest absolute Gasteiger partial charge is 0.491 e. The van der Waals surface area contributed by atoms with Crippen molar-refractivity contribution in [2.45, 2.75) is 58.0 Å². The van der Waals surface area contributed by atoms with Crippen LogP contribution >= 0.6 is 0 Å². The van der Waals surface area contributed by atoms with E-state index >= 15 is 0 Å². The van der Waals surface area contributed by atoms with Gasteiger partial charge in [-0.05, 0) is 63.4 Å². The number of amides is 1. The summed E-state index contributed by atoms with van der Waals surface area (Å²) < 4.78 is 5.66. The Morgan fingerprint density at radius 3 is 2.36 bits per heavy atom. The van der Waals surface area contributed by atoms with E-state index in [-0.39, 0.29) is 12.0 Å². The van der Waals surface area contributed by atoms with Gasteiger partial charge in [0.1, 0.15) is 5.75 Å². The maximum absolute atomic E-state index is 13.2. The van der Waals surface area contributed by atoms with E-state index in [0.717, 1.165) is 42.7 Å². The Kier molecular flexibility index (Phi) is 5.12. The average molecular weight is 337 g/mol. The van der Waals surface area contributed by atoms with Crippen LogP contribution in [0.5, 0.6) is 5.75 Å². The van der Waals surface area contributed by atoms with E-state index in [1.165, 1.54) is 5.56 Å². The van der Waals surface area contributed by atoms with Gasteiger partial charge < -0.3 is 10.1 Å². The second kappa shape index (κ2) is 7.30. The van der Waals surface area contributed by atoms with Crippen LogP contribution in [0.3, 0.4) is 0 Å². The Balaban J connectivity index is 1.80. The molecule has 0 atom stereocenters. The first kappa shape index (κ1) is 17.5. The molecule has 0 radical (unpaired) electrons. The number of rotatable bonds is 5. The van der Waals surface area contributed by atoms with Crippen LogP contribution in [0.1, 0.15) is 50.7 Å². The quantitative estimate of drug-likeness (QED) is 0.811. The summed E-state index contributed by atoms with van der Waals surface area (Å²) in [5.74, 6) is 0.926. The van der Waals surface area contributed by atoms with Crippen LogP contribution in [0.15, 0.2) is 48.5 Å². The van der Waals surface area contributed by atoms with Gasteiger partial charge in [0.2, 0.25) is 5.91 Å². The molecule has 2 aromatic carbocycles. The minimum absolute atomic E-state index is 0.105. The Labute approximate surface area is 150 Å². The molecule has 1 aliphatic rings. The van der Waals surface area contributed by atoms with Crippen LogP contribution in [-0.2, 0) is 10.2 Å². The smallest absolute Gasteiger partial charge is 0.235 e. The standard InChI is InChI=1S/C22H27NO2/c1-16(2)25-20-11-9-19(10-12-20)23-21(24)22(13-4-5-14-22)18-8-6-7-17(3)15-18/h6-12,15-16H,4-5,13-14H2,1-3H3,(H,23,24). The fourth-order valence-corrected chi connectivity index (χ4v) is 3.71. The molecule has 1 amide bonds. The van der Waals surface area contributed by atoms with E-state index in [1.807, 2.05) is 38.1 Å². The minimum Gasteiger partial charge on any atom is -0.491 e. The van der Waals surface area contributed by atoms with E-state index in [0.29, 0.717) is 0 Å². The zero-order valence-corrected chi connectivity index (χ0v) is 15.3. The highest BCUT2D eigenvalue weighted by Crippen LogP contribution is 2.42. The van der Waals surface area contributed by atoms with Crippen molar-refractivity contribution < 1.29 is 9.53 Å². The van der Waals surface area contributed by atoms with Gasteiger partial charge in [0, 0.05) is 5.69 Å². The van der Waals surface area contributed by atoms with Gasteiger partial charge in [-0.15, -0.1) is 0 Å². The maximum atomic E-state index is 13.2. The lowest BCUT2D eigenvalue weighted by molar-refractivity contribution is -0.121. The first-order chi connectivity index (χ1) is 12.0. The number of nitrogens with one attached hydrogen (secondary N) is 1. The maximum Gasteiger partial charge on any atom is 0.235 e. The summed E-state index contributed by atoms with van der Waals surface area (Å²) in [5.41, 5.74) is 2.76. The van der Waals surface area contributed by atoms with Crippen molar-refractivity contribution in [1.29, 1.82) is 0 Å². The highest BCUT2D eigenvalue weighted by atomic mass is 16.5. The first-order valence-corrected chi connectivity index (χ1v) is 9.15. The van der Waals surface area contributed by atoms with Crippen LogP contribution < -0.4 is 10.1 Å². The Hall–Kier alpha value is -2.29. The number of hydrogen-bond acceptors (Lipinski definition) is 2. The summed E-state index contributed by atoms with van der Waals surface area (Å²) in [6, 6.07) is 16.0.